The number of aromatic hydroxyl groups is 2. The van der Waals surface area contributed by atoms with Crippen LogP contribution >= 0.6 is 0 Å². The summed E-state index contributed by atoms with van der Waals surface area (Å²) in [6.07, 6.45) is 9.95. The molecule has 1 fully saturated rings. The summed E-state index contributed by atoms with van der Waals surface area (Å²) in [4.78, 5) is 14.4. The Morgan fingerprint density at radius 2 is 1.55 bits per heavy atom. The van der Waals surface area contributed by atoms with E-state index in [1.807, 2.05) is 20.8 Å². The fourth-order valence-electron chi connectivity index (χ4n) is 3.94. The van der Waals surface area contributed by atoms with Crippen LogP contribution in [0.1, 0.15) is 97.8 Å². The van der Waals surface area contributed by atoms with E-state index in [0.29, 0.717) is 12.1 Å². The molecule has 4 nitrogen and oxygen atoms in total. The predicted molar refractivity (Wildman–Crippen MR) is 128 cm³/mol. The van der Waals surface area contributed by atoms with Crippen LogP contribution in [0.25, 0.3) is 0 Å². The number of phenols is 2. The van der Waals surface area contributed by atoms with Gasteiger partial charge in [-0.15, -0.1) is 0 Å². The molecule has 2 N–H and O–H groups in total. The molecule has 0 radical (unpaired) electrons. The van der Waals surface area contributed by atoms with Gasteiger partial charge in [0.2, 0.25) is 0 Å². The molecule has 1 aliphatic rings. The SMILES string of the molecule is C1CCCCC1.CCc1ccc(C)c(CN(C)C(=O)c2cc(C(C)C)c(O)cc2O)c1. The monoisotopic (exact) mass is 425 g/mol. The highest BCUT2D eigenvalue weighted by molar-refractivity contribution is 5.97. The van der Waals surface area contributed by atoms with Crippen molar-refractivity contribution < 1.29 is 15.0 Å². The number of hydrogen-bond donors (Lipinski definition) is 2. The van der Waals surface area contributed by atoms with E-state index in [1.165, 1.54) is 50.2 Å². The lowest BCUT2D eigenvalue weighted by atomic mass is 9.98. The zero-order valence-corrected chi connectivity index (χ0v) is 19.9. The molecule has 2 aromatic rings. The van der Waals surface area contributed by atoms with Crippen molar-refractivity contribution in [1.29, 1.82) is 0 Å². The van der Waals surface area contributed by atoms with Gasteiger partial charge in [0.25, 0.3) is 5.91 Å². The van der Waals surface area contributed by atoms with Gasteiger partial charge in [0, 0.05) is 19.7 Å². The van der Waals surface area contributed by atoms with Gasteiger partial charge in [-0.25, -0.2) is 0 Å². The smallest absolute Gasteiger partial charge is 0.257 e. The maximum Gasteiger partial charge on any atom is 0.257 e. The van der Waals surface area contributed by atoms with E-state index in [2.05, 4.69) is 25.1 Å². The van der Waals surface area contributed by atoms with Gasteiger partial charge < -0.3 is 15.1 Å². The van der Waals surface area contributed by atoms with Crippen molar-refractivity contribution in [2.75, 3.05) is 7.05 Å². The van der Waals surface area contributed by atoms with E-state index in [-0.39, 0.29) is 28.9 Å². The molecule has 0 atom stereocenters. The number of carbonyl (C=O) groups is 1. The molecule has 170 valence electrons. The van der Waals surface area contributed by atoms with Crippen LogP contribution in [0.5, 0.6) is 11.5 Å². The number of phenolic OH excluding ortho intramolecular Hbond substituents is 2. The summed E-state index contributed by atoms with van der Waals surface area (Å²) in [5, 5.41) is 20.1. The van der Waals surface area contributed by atoms with E-state index >= 15 is 0 Å². The second-order valence-electron chi connectivity index (χ2n) is 8.98. The van der Waals surface area contributed by atoms with Crippen LogP contribution in [-0.2, 0) is 13.0 Å². The van der Waals surface area contributed by atoms with Gasteiger partial charge in [0.1, 0.15) is 11.5 Å². The average Bonchev–Trinajstić information content (AvgIpc) is 2.76. The van der Waals surface area contributed by atoms with Gasteiger partial charge in [-0.3, -0.25) is 4.79 Å². The van der Waals surface area contributed by atoms with Crippen LogP contribution in [0.15, 0.2) is 30.3 Å². The summed E-state index contributed by atoms with van der Waals surface area (Å²) < 4.78 is 0. The van der Waals surface area contributed by atoms with Crippen molar-refractivity contribution in [2.45, 2.75) is 85.1 Å². The Morgan fingerprint density at radius 3 is 2.06 bits per heavy atom. The molecule has 31 heavy (non-hydrogen) atoms. The first-order valence-corrected chi connectivity index (χ1v) is 11.6. The second-order valence-corrected chi connectivity index (χ2v) is 8.98. The topological polar surface area (TPSA) is 60.8 Å². The minimum atomic E-state index is -0.263. The normalized spacial score (nSPS) is 13.5. The lowest BCUT2D eigenvalue weighted by molar-refractivity contribution is 0.0781. The molecule has 0 heterocycles. The highest BCUT2D eigenvalue weighted by atomic mass is 16.3. The minimum absolute atomic E-state index is 0.0122. The molecule has 0 bridgehead atoms. The molecule has 0 aliphatic heterocycles. The van der Waals surface area contributed by atoms with E-state index in [4.69, 9.17) is 0 Å². The summed E-state index contributed by atoms with van der Waals surface area (Å²) in [5.74, 6) is -0.391. The van der Waals surface area contributed by atoms with Crippen LogP contribution in [0.3, 0.4) is 0 Å². The molecule has 1 saturated carbocycles. The van der Waals surface area contributed by atoms with Crippen molar-refractivity contribution in [3.63, 3.8) is 0 Å². The van der Waals surface area contributed by atoms with Crippen molar-refractivity contribution in [3.05, 3.63) is 58.1 Å². The first kappa shape index (κ1) is 24.8. The molecule has 2 aromatic carbocycles. The number of benzene rings is 2. The van der Waals surface area contributed by atoms with Crippen molar-refractivity contribution in [3.8, 4) is 11.5 Å². The Kier molecular flexibility index (Phi) is 9.42. The molecule has 0 saturated heterocycles. The highest BCUT2D eigenvalue weighted by Crippen LogP contribution is 2.33. The van der Waals surface area contributed by atoms with E-state index in [9.17, 15) is 15.0 Å². The van der Waals surface area contributed by atoms with Crippen LogP contribution in [0.4, 0.5) is 0 Å². The van der Waals surface area contributed by atoms with Gasteiger partial charge in [0.05, 0.1) is 5.56 Å². The molecule has 1 amide bonds. The molecule has 0 unspecified atom stereocenters. The van der Waals surface area contributed by atoms with Crippen molar-refractivity contribution in [1.82, 2.24) is 4.90 Å². The van der Waals surface area contributed by atoms with Crippen LogP contribution in [0.2, 0.25) is 0 Å². The molecule has 0 spiro atoms. The minimum Gasteiger partial charge on any atom is -0.508 e. The summed E-state index contributed by atoms with van der Waals surface area (Å²) in [7, 11) is 1.72. The summed E-state index contributed by atoms with van der Waals surface area (Å²) in [5.41, 5.74) is 4.33. The van der Waals surface area contributed by atoms with Crippen LogP contribution in [-0.4, -0.2) is 28.1 Å². The Bertz CT molecular complexity index is 858. The second kappa shape index (κ2) is 11.8. The van der Waals surface area contributed by atoms with E-state index < -0.39 is 0 Å². The Hall–Kier alpha value is -2.49. The number of rotatable bonds is 5. The highest BCUT2D eigenvalue weighted by Gasteiger charge is 2.20. The Morgan fingerprint density at radius 1 is 0.968 bits per heavy atom. The van der Waals surface area contributed by atoms with Crippen molar-refractivity contribution >= 4 is 5.91 Å². The average molecular weight is 426 g/mol. The maximum atomic E-state index is 12.8. The molecule has 4 heteroatoms. The zero-order chi connectivity index (χ0) is 23.0. The van der Waals surface area contributed by atoms with Gasteiger partial charge in [-0.05, 0) is 47.6 Å². The lowest BCUT2D eigenvalue weighted by Gasteiger charge is -2.21. The third-order valence-corrected chi connectivity index (χ3v) is 6.07. The van der Waals surface area contributed by atoms with Crippen LogP contribution < -0.4 is 0 Å². The predicted octanol–water partition coefficient (Wildman–Crippen LogP) is 6.70. The number of carbonyl (C=O) groups excluding carboxylic acids is 1. The third kappa shape index (κ3) is 7.02. The summed E-state index contributed by atoms with van der Waals surface area (Å²) in [6.45, 7) is 8.47. The summed E-state index contributed by atoms with van der Waals surface area (Å²) >= 11 is 0. The van der Waals surface area contributed by atoms with E-state index in [0.717, 1.165) is 17.5 Å². The molecule has 0 aromatic heterocycles. The first-order valence-electron chi connectivity index (χ1n) is 11.6. The Labute approximate surface area is 187 Å². The molecule has 1 aliphatic carbocycles. The molecular formula is C27H39NO3. The van der Waals surface area contributed by atoms with Gasteiger partial charge in [0.15, 0.2) is 0 Å². The standard InChI is InChI=1S/C21H27NO3.C6H12/c1-6-15-8-7-14(4)16(9-15)12-22(5)21(25)18-10-17(13(2)3)19(23)11-20(18)24;1-2-4-6-5-3-1/h7-11,13,23-24H,6,12H2,1-5H3;1-6H2. The van der Waals surface area contributed by atoms with Crippen LogP contribution in [0, 0.1) is 6.92 Å². The van der Waals surface area contributed by atoms with E-state index in [1.54, 1.807) is 18.0 Å². The maximum absolute atomic E-state index is 12.8. The summed E-state index contributed by atoms with van der Waals surface area (Å²) in [6, 6.07) is 9.13. The number of aryl methyl sites for hydroxylation is 2. The molecule has 3 rings (SSSR count). The first-order chi connectivity index (χ1) is 14.7. The largest absolute Gasteiger partial charge is 0.508 e. The fraction of sp³-hybridized carbons (Fsp3) is 0.519. The number of nitrogens with zero attached hydrogens (tertiary/aromatic N) is 1. The number of hydrogen-bond acceptors (Lipinski definition) is 3. The molecular weight excluding hydrogens is 386 g/mol. The van der Waals surface area contributed by atoms with Gasteiger partial charge in [-0.1, -0.05) is 77.5 Å². The number of amides is 1. The Balaban J connectivity index is 0.000000488. The lowest BCUT2D eigenvalue weighted by Crippen LogP contribution is -2.26. The van der Waals surface area contributed by atoms with Gasteiger partial charge in [-0.2, -0.15) is 0 Å². The zero-order valence-electron chi connectivity index (χ0n) is 19.9. The third-order valence-electron chi connectivity index (χ3n) is 6.07. The quantitative estimate of drug-likeness (QED) is 0.560. The fourth-order valence-corrected chi connectivity index (χ4v) is 3.94. The van der Waals surface area contributed by atoms with Crippen molar-refractivity contribution in [2.24, 2.45) is 0 Å². The van der Waals surface area contributed by atoms with Gasteiger partial charge >= 0.3 is 0 Å².